The molecule has 1 aliphatic heterocycles. The molecule has 2 aromatic heterocycles. The van der Waals surface area contributed by atoms with Crippen molar-refractivity contribution < 1.29 is 9.18 Å². The van der Waals surface area contributed by atoms with Gasteiger partial charge < -0.3 is 10.2 Å². The van der Waals surface area contributed by atoms with Gasteiger partial charge in [0.1, 0.15) is 17.4 Å². The van der Waals surface area contributed by atoms with Crippen LogP contribution >= 0.6 is 0 Å². The summed E-state index contributed by atoms with van der Waals surface area (Å²) in [5.74, 6) is 0.417. The maximum absolute atomic E-state index is 13.0. The number of likely N-dealkylation sites (tertiary alicyclic amines) is 1. The van der Waals surface area contributed by atoms with E-state index in [2.05, 4.69) is 15.4 Å². The van der Waals surface area contributed by atoms with Crippen molar-refractivity contribution in [3.63, 3.8) is 0 Å². The molecular weight excluding hydrogens is 321 g/mol. The standard InChI is InChI=1S/C18H18FN5O/c1-12-10-16-17(20-7-9-24(16)22-12)21-15-6-8-23(18(15)25)11-13-2-4-14(19)5-3-13/h2-5,7,9-10,15H,6,8,11H2,1H3,(H,20,21). The van der Waals surface area contributed by atoms with Crippen LogP contribution in [0.15, 0.2) is 42.7 Å². The molecule has 6 nitrogen and oxygen atoms in total. The van der Waals surface area contributed by atoms with E-state index in [4.69, 9.17) is 0 Å². The highest BCUT2D eigenvalue weighted by molar-refractivity contribution is 5.87. The van der Waals surface area contributed by atoms with Gasteiger partial charge >= 0.3 is 0 Å². The van der Waals surface area contributed by atoms with Crippen molar-refractivity contribution in [1.29, 1.82) is 0 Å². The van der Waals surface area contributed by atoms with Crippen LogP contribution in [0.1, 0.15) is 17.7 Å². The summed E-state index contributed by atoms with van der Waals surface area (Å²) in [6, 6.07) is 7.87. The van der Waals surface area contributed by atoms with Crippen molar-refractivity contribution in [2.24, 2.45) is 0 Å². The van der Waals surface area contributed by atoms with Crippen molar-refractivity contribution in [3.05, 3.63) is 59.8 Å². The van der Waals surface area contributed by atoms with Gasteiger partial charge in [0.2, 0.25) is 5.91 Å². The summed E-state index contributed by atoms with van der Waals surface area (Å²) in [4.78, 5) is 18.8. The molecular formula is C18H18FN5O. The van der Waals surface area contributed by atoms with Gasteiger partial charge in [-0.1, -0.05) is 12.1 Å². The smallest absolute Gasteiger partial charge is 0.245 e. The number of aromatic nitrogens is 3. The van der Waals surface area contributed by atoms with E-state index in [1.54, 1.807) is 33.9 Å². The van der Waals surface area contributed by atoms with Crippen LogP contribution in [0.25, 0.3) is 5.52 Å². The van der Waals surface area contributed by atoms with Crippen molar-refractivity contribution in [3.8, 4) is 0 Å². The van der Waals surface area contributed by atoms with E-state index in [9.17, 15) is 9.18 Å². The first-order valence-corrected chi connectivity index (χ1v) is 8.21. The summed E-state index contributed by atoms with van der Waals surface area (Å²) in [6.07, 6.45) is 4.15. The number of rotatable bonds is 4. The lowest BCUT2D eigenvalue weighted by atomic mass is 10.2. The first-order chi connectivity index (χ1) is 12.1. The highest BCUT2D eigenvalue weighted by Crippen LogP contribution is 2.21. The largest absolute Gasteiger partial charge is 0.357 e. The summed E-state index contributed by atoms with van der Waals surface area (Å²) in [5.41, 5.74) is 2.67. The van der Waals surface area contributed by atoms with Crippen LogP contribution in [0.3, 0.4) is 0 Å². The number of anilines is 1. The van der Waals surface area contributed by atoms with Gasteiger partial charge in [-0.05, 0) is 37.1 Å². The van der Waals surface area contributed by atoms with Crippen LogP contribution in [0, 0.1) is 12.7 Å². The van der Waals surface area contributed by atoms with Gasteiger partial charge in [-0.15, -0.1) is 0 Å². The fourth-order valence-corrected chi connectivity index (χ4v) is 3.16. The summed E-state index contributed by atoms with van der Waals surface area (Å²) in [6.45, 7) is 3.07. The van der Waals surface area contributed by atoms with Crippen molar-refractivity contribution in [1.82, 2.24) is 19.5 Å². The molecule has 1 aromatic carbocycles. The number of halogens is 1. The molecule has 0 aliphatic carbocycles. The topological polar surface area (TPSA) is 62.5 Å². The fourth-order valence-electron chi connectivity index (χ4n) is 3.16. The highest BCUT2D eigenvalue weighted by atomic mass is 19.1. The maximum atomic E-state index is 13.0. The second-order valence-electron chi connectivity index (χ2n) is 6.26. The Morgan fingerprint density at radius 1 is 1.32 bits per heavy atom. The number of amides is 1. The molecule has 1 unspecified atom stereocenters. The Morgan fingerprint density at radius 2 is 2.12 bits per heavy atom. The van der Waals surface area contributed by atoms with E-state index in [1.165, 1.54) is 12.1 Å². The molecule has 128 valence electrons. The Bertz CT molecular complexity index is 921. The molecule has 3 aromatic rings. The highest BCUT2D eigenvalue weighted by Gasteiger charge is 2.32. The minimum Gasteiger partial charge on any atom is -0.357 e. The number of carbonyl (C=O) groups excluding carboxylic acids is 1. The predicted molar refractivity (Wildman–Crippen MR) is 91.6 cm³/mol. The lowest BCUT2D eigenvalue weighted by Crippen LogP contribution is -2.33. The molecule has 1 fully saturated rings. The van der Waals surface area contributed by atoms with Crippen LogP contribution in [0.5, 0.6) is 0 Å². The number of hydrogen-bond donors (Lipinski definition) is 1. The average molecular weight is 339 g/mol. The third-order valence-corrected chi connectivity index (χ3v) is 4.41. The molecule has 4 rings (SSSR count). The SMILES string of the molecule is Cc1cc2c(NC3CCN(Cc4ccc(F)cc4)C3=O)nccn2n1. The lowest BCUT2D eigenvalue weighted by Gasteiger charge is -2.17. The second-order valence-corrected chi connectivity index (χ2v) is 6.26. The maximum Gasteiger partial charge on any atom is 0.245 e. The molecule has 1 amide bonds. The zero-order valence-corrected chi connectivity index (χ0v) is 13.8. The Balaban J connectivity index is 1.48. The summed E-state index contributed by atoms with van der Waals surface area (Å²) >= 11 is 0. The molecule has 1 aliphatic rings. The van der Waals surface area contributed by atoms with Crippen LogP contribution in [0.2, 0.25) is 0 Å². The molecule has 0 bridgehead atoms. The zero-order chi connectivity index (χ0) is 17.4. The first kappa shape index (κ1) is 15.6. The minimum absolute atomic E-state index is 0.0318. The van der Waals surface area contributed by atoms with Crippen LogP contribution in [0.4, 0.5) is 10.2 Å². The lowest BCUT2D eigenvalue weighted by molar-refractivity contribution is -0.128. The fraction of sp³-hybridized carbons (Fsp3) is 0.278. The van der Waals surface area contributed by atoms with Gasteiger partial charge in [0, 0.05) is 25.5 Å². The van der Waals surface area contributed by atoms with Crippen LogP contribution < -0.4 is 5.32 Å². The number of aryl methyl sites for hydroxylation is 1. The third-order valence-electron chi connectivity index (χ3n) is 4.41. The van der Waals surface area contributed by atoms with Crippen molar-refractivity contribution in [2.75, 3.05) is 11.9 Å². The zero-order valence-electron chi connectivity index (χ0n) is 13.8. The van der Waals surface area contributed by atoms with Crippen molar-refractivity contribution >= 4 is 17.2 Å². The first-order valence-electron chi connectivity index (χ1n) is 8.21. The van der Waals surface area contributed by atoms with Crippen LogP contribution in [-0.4, -0.2) is 38.0 Å². The quantitative estimate of drug-likeness (QED) is 0.793. The van der Waals surface area contributed by atoms with Gasteiger partial charge in [-0.3, -0.25) is 4.79 Å². The number of nitrogens with zero attached hydrogens (tertiary/aromatic N) is 4. The number of benzene rings is 1. The number of nitrogens with one attached hydrogen (secondary N) is 1. The van der Waals surface area contributed by atoms with E-state index in [0.29, 0.717) is 25.3 Å². The number of fused-ring (bicyclic) bond motifs is 1. The van der Waals surface area contributed by atoms with E-state index in [0.717, 1.165) is 16.8 Å². The van der Waals surface area contributed by atoms with Crippen LogP contribution in [-0.2, 0) is 11.3 Å². The van der Waals surface area contributed by atoms with Gasteiger partial charge in [-0.25, -0.2) is 13.9 Å². The summed E-state index contributed by atoms with van der Waals surface area (Å²) < 4.78 is 14.8. The molecule has 7 heteroatoms. The summed E-state index contributed by atoms with van der Waals surface area (Å²) in [7, 11) is 0. The molecule has 1 saturated heterocycles. The molecule has 3 heterocycles. The van der Waals surface area contributed by atoms with Gasteiger partial charge in [-0.2, -0.15) is 5.10 Å². The summed E-state index contributed by atoms with van der Waals surface area (Å²) in [5, 5.41) is 7.60. The Labute approximate surface area is 144 Å². The van der Waals surface area contributed by atoms with E-state index in [1.807, 2.05) is 13.0 Å². The number of hydrogen-bond acceptors (Lipinski definition) is 4. The average Bonchev–Trinajstić information content (AvgIpc) is 3.14. The van der Waals surface area contributed by atoms with E-state index in [-0.39, 0.29) is 17.8 Å². The molecule has 0 spiro atoms. The molecule has 0 radical (unpaired) electrons. The van der Waals surface area contributed by atoms with E-state index < -0.39 is 0 Å². The molecule has 25 heavy (non-hydrogen) atoms. The van der Waals surface area contributed by atoms with Gasteiger partial charge in [0.25, 0.3) is 0 Å². The van der Waals surface area contributed by atoms with Crippen molar-refractivity contribution in [2.45, 2.75) is 25.9 Å². The minimum atomic E-state index is -0.311. The molecule has 0 saturated carbocycles. The molecule has 1 atom stereocenters. The number of carbonyl (C=O) groups is 1. The monoisotopic (exact) mass is 339 g/mol. The normalized spacial score (nSPS) is 17.4. The third kappa shape index (κ3) is 3.05. The Kier molecular flexibility index (Phi) is 3.83. The second kappa shape index (κ2) is 6.16. The van der Waals surface area contributed by atoms with Gasteiger partial charge in [0.05, 0.1) is 5.69 Å². The van der Waals surface area contributed by atoms with E-state index >= 15 is 0 Å². The Hall–Kier alpha value is -2.96. The predicted octanol–water partition coefficient (Wildman–Crippen LogP) is 2.39. The van der Waals surface area contributed by atoms with Gasteiger partial charge in [0.15, 0.2) is 5.82 Å². The molecule has 1 N–H and O–H groups in total. The Morgan fingerprint density at radius 3 is 2.92 bits per heavy atom.